The number of amides is 1. The van der Waals surface area contributed by atoms with E-state index in [0.717, 1.165) is 30.0 Å². The van der Waals surface area contributed by atoms with Gasteiger partial charge in [0.25, 0.3) is 5.91 Å². The van der Waals surface area contributed by atoms with Gasteiger partial charge in [-0.05, 0) is 49.6 Å². The van der Waals surface area contributed by atoms with Crippen LogP contribution in [0.3, 0.4) is 0 Å². The van der Waals surface area contributed by atoms with E-state index in [2.05, 4.69) is 26.6 Å². The molecule has 2 N–H and O–H groups in total. The van der Waals surface area contributed by atoms with Crippen LogP contribution in [0.1, 0.15) is 27.3 Å². The number of hydrogen-bond acceptors (Lipinski definition) is 4. The molecule has 0 spiro atoms. The van der Waals surface area contributed by atoms with Crippen molar-refractivity contribution >= 4 is 11.7 Å². The van der Waals surface area contributed by atoms with Crippen LogP contribution in [-0.2, 0) is 12.8 Å². The van der Waals surface area contributed by atoms with Crippen LogP contribution in [0.2, 0.25) is 0 Å². The van der Waals surface area contributed by atoms with E-state index in [1.165, 1.54) is 5.56 Å². The molecule has 2 heterocycles. The number of aryl methyl sites for hydroxylation is 3. The molecule has 0 radical (unpaired) electrons. The lowest BCUT2D eigenvalue weighted by atomic mass is 10.1. The number of ether oxygens (including phenoxy) is 1. The van der Waals surface area contributed by atoms with E-state index in [1.54, 1.807) is 25.4 Å². The third-order valence-corrected chi connectivity index (χ3v) is 3.86. The van der Waals surface area contributed by atoms with E-state index in [0.29, 0.717) is 11.4 Å². The topological polar surface area (TPSA) is 79.9 Å². The quantitative estimate of drug-likeness (QED) is 0.724. The number of pyridine rings is 1. The molecule has 0 atom stereocenters. The summed E-state index contributed by atoms with van der Waals surface area (Å²) in [6.45, 7) is 1.88. The van der Waals surface area contributed by atoms with Crippen LogP contribution in [-0.4, -0.2) is 28.2 Å². The zero-order valence-corrected chi connectivity index (χ0v) is 14.2. The number of hydrogen-bond donors (Lipinski definition) is 2. The van der Waals surface area contributed by atoms with E-state index in [9.17, 15) is 4.79 Å². The van der Waals surface area contributed by atoms with E-state index in [-0.39, 0.29) is 5.91 Å². The number of nitrogens with one attached hydrogen (secondary N) is 2. The predicted octanol–water partition coefficient (Wildman–Crippen LogP) is 3.16. The third kappa shape index (κ3) is 4.44. The molecule has 0 aliphatic rings. The Balaban J connectivity index is 1.58. The highest BCUT2D eigenvalue weighted by Gasteiger charge is 2.09. The molecule has 2 aromatic heterocycles. The standard InChI is InChI=1S/C19H20N4O2/c1-13-6-8-15(12-20-13)19(24)21-18-11-16(22-23-18)9-7-14-4-3-5-17(10-14)25-2/h3-6,8,10-12H,7,9H2,1-2H3,(H2,21,22,23,24). The molecule has 0 fully saturated rings. The Morgan fingerprint density at radius 2 is 2.08 bits per heavy atom. The fourth-order valence-electron chi connectivity index (χ4n) is 2.45. The smallest absolute Gasteiger partial charge is 0.258 e. The Morgan fingerprint density at radius 3 is 2.84 bits per heavy atom. The first kappa shape index (κ1) is 16.7. The highest BCUT2D eigenvalue weighted by Crippen LogP contribution is 2.15. The maximum atomic E-state index is 12.2. The Morgan fingerprint density at radius 1 is 1.20 bits per heavy atom. The normalized spacial score (nSPS) is 10.5. The van der Waals surface area contributed by atoms with Crippen molar-refractivity contribution in [2.75, 3.05) is 12.4 Å². The highest BCUT2D eigenvalue weighted by molar-refractivity contribution is 6.03. The summed E-state index contributed by atoms with van der Waals surface area (Å²) in [4.78, 5) is 16.3. The van der Waals surface area contributed by atoms with Gasteiger partial charge in [0, 0.05) is 18.0 Å². The minimum atomic E-state index is -0.213. The lowest BCUT2D eigenvalue weighted by Crippen LogP contribution is -2.12. The first-order chi connectivity index (χ1) is 12.1. The molecule has 0 saturated carbocycles. The van der Waals surface area contributed by atoms with Gasteiger partial charge >= 0.3 is 0 Å². The van der Waals surface area contributed by atoms with E-state index < -0.39 is 0 Å². The lowest BCUT2D eigenvalue weighted by Gasteiger charge is -2.03. The molecule has 25 heavy (non-hydrogen) atoms. The summed E-state index contributed by atoms with van der Waals surface area (Å²) >= 11 is 0. The van der Waals surface area contributed by atoms with Crippen molar-refractivity contribution in [1.29, 1.82) is 0 Å². The van der Waals surface area contributed by atoms with Crippen molar-refractivity contribution in [2.45, 2.75) is 19.8 Å². The lowest BCUT2D eigenvalue weighted by molar-refractivity contribution is 0.102. The van der Waals surface area contributed by atoms with Gasteiger partial charge in [0.05, 0.1) is 18.4 Å². The Hall–Kier alpha value is -3.15. The molecule has 0 bridgehead atoms. The van der Waals surface area contributed by atoms with Gasteiger partial charge in [0.2, 0.25) is 0 Å². The largest absolute Gasteiger partial charge is 0.497 e. The van der Waals surface area contributed by atoms with Gasteiger partial charge in [-0.1, -0.05) is 12.1 Å². The average molecular weight is 336 g/mol. The molecule has 0 saturated heterocycles. The Bertz CT molecular complexity index is 856. The first-order valence-corrected chi connectivity index (χ1v) is 8.05. The molecule has 3 rings (SSSR count). The van der Waals surface area contributed by atoms with Gasteiger partial charge in [-0.25, -0.2) is 0 Å². The number of methoxy groups -OCH3 is 1. The second-order valence-corrected chi connectivity index (χ2v) is 5.77. The summed E-state index contributed by atoms with van der Waals surface area (Å²) in [7, 11) is 1.66. The van der Waals surface area contributed by atoms with Crippen LogP contribution in [0.25, 0.3) is 0 Å². The number of aromatic amines is 1. The molecule has 1 amide bonds. The average Bonchev–Trinajstić information content (AvgIpc) is 3.08. The maximum absolute atomic E-state index is 12.2. The van der Waals surface area contributed by atoms with Gasteiger partial charge in [-0.3, -0.25) is 14.9 Å². The van der Waals surface area contributed by atoms with E-state index >= 15 is 0 Å². The zero-order chi connectivity index (χ0) is 17.6. The summed E-state index contributed by atoms with van der Waals surface area (Å²) in [6, 6.07) is 13.4. The molecule has 3 aromatic rings. The summed E-state index contributed by atoms with van der Waals surface area (Å²) in [5.74, 6) is 1.21. The summed E-state index contributed by atoms with van der Waals surface area (Å²) in [5, 5.41) is 9.90. The van der Waals surface area contributed by atoms with Gasteiger partial charge in [0.1, 0.15) is 11.6 Å². The summed E-state index contributed by atoms with van der Waals surface area (Å²) in [6.07, 6.45) is 3.17. The Kier molecular flexibility index (Phi) is 5.09. The van der Waals surface area contributed by atoms with Crippen molar-refractivity contribution < 1.29 is 9.53 Å². The van der Waals surface area contributed by atoms with Gasteiger partial charge < -0.3 is 10.1 Å². The number of rotatable bonds is 6. The minimum absolute atomic E-state index is 0.213. The molecule has 1 aromatic carbocycles. The second kappa shape index (κ2) is 7.61. The van der Waals surface area contributed by atoms with Gasteiger partial charge in [-0.2, -0.15) is 5.10 Å². The molecular weight excluding hydrogens is 316 g/mol. The van der Waals surface area contributed by atoms with Gasteiger partial charge in [-0.15, -0.1) is 0 Å². The Labute approximate surface area is 146 Å². The summed E-state index contributed by atoms with van der Waals surface area (Å²) in [5.41, 5.74) is 3.45. The fourth-order valence-corrected chi connectivity index (χ4v) is 2.45. The van der Waals surface area contributed by atoms with E-state index in [1.807, 2.05) is 31.2 Å². The number of benzene rings is 1. The number of anilines is 1. The fraction of sp³-hybridized carbons (Fsp3) is 0.211. The first-order valence-electron chi connectivity index (χ1n) is 8.05. The minimum Gasteiger partial charge on any atom is -0.497 e. The van der Waals surface area contributed by atoms with Crippen molar-refractivity contribution in [1.82, 2.24) is 15.2 Å². The molecule has 0 unspecified atom stereocenters. The monoisotopic (exact) mass is 336 g/mol. The van der Waals surface area contributed by atoms with Crippen LogP contribution in [0.5, 0.6) is 5.75 Å². The number of carbonyl (C=O) groups is 1. The predicted molar refractivity (Wildman–Crippen MR) is 95.9 cm³/mol. The zero-order valence-electron chi connectivity index (χ0n) is 14.2. The van der Waals surface area contributed by atoms with Crippen molar-refractivity contribution in [3.8, 4) is 5.75 Å². The molecular formula is C19H20N4O2. The molecule has 0 aliphatic carbocycles. The van der Waals surface area contributed by atoms with Crippen LogP contribution >= 0.6 is 0 Å². The van der Waals surface area contributed by atoms with Crippen LogP contribution < -0.4 is 10.1 Å². The van der Waals surface area contributed by atoms with Crippen LogP contribution in [0.15, 0.2) is 48.7 Å². The highest BCUT2D eigenvalue weighted by atomic mass is 16.5. The second-order valence-electron chi connectivity index (χ2n) is 5.77. The third-order valence-electron chi connectivity index (χ3n) is 3.86. The van der Waals surface area contributed by atoms with Gasteiger partial charge in [0.15, 0.2) is 0 Å². The molecule has 6 heteroatoms. The van der Waals surface area contributed by atoms with Crippen molar-refractivity contribution in [3.05, 3.63) is 71.2 Å². The number of aromatic nitrogens is 3. The maximum Gasteiger partial charge on any atom is 0.258 e. The number of nitrogens with zero attached hydrogens (tertiary/aromatic N) is 2. The molecule has 128 valence electrons. The van der Waals surface area contributed by atoms with Crippen LogP contribution in [0.4, 0.5) is 5.82 Å². The molecule has 0 aliphatic heterocycles. The van der Waals surface area contributed by atoms with Crippen LogP contribution in [0, 0.1) is 6.92 Å². The van der Waals surface area contributed by atoms with E-state index in [4.69, 9.17) is 4.74 Å². The van der Waals surface area contributed by atoms with Crippen molar-refractivity contribution in [3.63, 3.8) is 0 Å². The molecule has 6 nitrogen and oxygen atoms in total. The number of carbonyl (C=O) groups excluding carboxylic acids is 1. The number of H-pyrrole nitrogens is 1. The summed E-state index contributed by atoms with van der Waals surface area (Å²) < 4.78 is 5.23. The SMILES string of the molecule is COc1cccc(CCc2cc(NC(=O)c3ccc(C)nc3)[nH]n2)c1. The van der Waals surface area contributed by atoms with Crippen molar-refractivity contribution in [2.24, 2.45) is 0 Å².